The fourth-order valence-electron chi connectivity index (χ4n) is 4.02. The van der Waals surface area contributed by atoms with Gasteiger partial charge in [0.15, 0.2) is 0 Å². The first-order valence-electron chi connectivity index (χ1n) is 13.7. The van der Waals surface area contributed by atoms with Gasteiger partial charge < -0.3 is 15.1 Å². The molecule has 0 fully saturated rings. The fraction of sp³-hybridized carbons (Fsp3) is 0.121. The average Bonchev–Trinajstić information content (AvgIpc) is 3.67. The van der Waals surface area contributed by atoms with Crippen molar-refractivity contribution in [3.63, 3.8) is 0 Å². The fourth-order valence-corrected chi connectivity index (χ4v) is 5.48. The molecule has 0 saturated heterocycles. The number of aromatic nitrogens is 2. The summed E-state index contributed by atoms with van der Waals surface area (Å²) >= 11 is 2.68. The Morgan fingerprint density at radius 2 is 1.59 bits per heavy atom. The van der Waals surface area contributed by atoms with Crippen molar-refractivity contribution >= 4 is 57.7 Å². The van der Waals surface area contributed by atoms with Gasteiger partial charge in [0, 0.05) is 27.8 Å². The van der Waals surface area contributed by atoms with E-state index in [1.165, 1.54) is 29.2 Å². The molecule has 1 unspecified atom stereocenters. The zero-order valence-corrected chi connectivity index (χ0v) is 25.8. The molecule has 0 saturated carbocycles. The van der Waals surface area contributed by atoms with Gasteiger partial charge in [-0.1, -0.05) is 59.4 Å². The van der Waals surface area contributed by atoms with Crippen LogP contribution in [0.3, 0.4) is 0 Å². The average molecular weight is 624 g/mol. The van der Waals surface area contributed by atoms with E-state index in [0.717, 1.165) is 21.0 Å². The molecule has 0 aliphatic rings. The summed E-state index contributed by atoms with van der Waals surface area (Å²) < 4.78 is 5.99. The summed E-state index contributed by atoms with van der Waals surface area (Å²) in [6.07, 6.45) is 1.50. The third kappa shape index (κ3) is 8.09. The van der Waals surface area contributed by atoms with Crippen LogP contribution < -0.4 is 16.0 Å². The number of hydrogen-bond acceptors (Lipinski definition) is 8. The SMILES string of the molecule is Cc1ccc(-c2ccc(/C=C(\NC(=O)c3ccccc3)C(=O)Nc3ccc(SC(C)C(=O)Nc4nnc(C)s4)cc3)o2)cc1. The first-order valence-corrected chi connectivity index (χ1v) is 15.4. The van der Waals surface area contributed by atoms with Gasteiger partial charge in [0.25, 0.3) is 11.8 Å². The molecule has 0 radical (unpaired) electrons. The van der Waals surface area contributed by atoms with Crippen LogP contribution in [0.2, 0.25) is 0 Å². The van der Waals surface area contributed by atoms with E-state index in [1.54, 1.807) is 49.4 Å². The number of aryl methyl sites for hydroxylation is 2. The van der Waals surface area contributed by atoms with Gasteiger partial charge in [-0.3, -0.25) is 19.7 Å². The number of furan rings is 1. The van der Waals surface area contributed by atoms with Crippen molar-refractivity contribution in [2.75, 3.05) is 10.6 Å². The molecular formula is C33H29N5O4S2. The van der Waals surface area contributed by atoms with Crippen LogP contribution in [-0.2, 0) is 9.59 Å². The van der Waals surface area contributed by atoms with Gasteiger partial charge in [0.1, 0.15) is 22.2 Å². The summed E-state index contributed by atoms with van der Waals surface area (Å²) in [6, 6.07) is 27.2. The standard InChI is InChI=1S/C33H29N5O4S2/c1-20-9-11-23(12-10-20)29-18-15-26(42-29)19-28(35-31(40)24-7-5-4-6-8-24)32(41)34-25-13-16-27(17-14-25)43-21(2)30(39)36-33-38-37-22(3)44-33/h4-19,21H,1-3H3,(H,34,41)(H,35,40)(H,36,38,39)/b28-19-. The summed E-state index contributed by atoms with van der Waals surface area (Å²) in [5.41, 5.74) is 2.97. The summed E-state index contributed by atoms with van der Waals surface area (Å²) in [5.74, 6) is -0.0966. The van der Waals surface area contributed by atoms with Crippen LogP contribution in [0.15, 0.2) is 106 Å². The van der Waals surface area contributed by atoms with Crippen molar-refractivity contribution in [1.82, 2.24) is 15.5 Å². The molecular weight excluding hydrogens is 595 g/mol. The van der Waals surface area contributed by atoms with Gasteiger partial charge >= 0.3 is 0 Å². The van der Waals surface area contributed by atoms with E-state index in [-0.39, 0.29) is 16.9 Å². The molecule has 44 heavy (non-hydrogen) atoms. The van der Waals surface area contributed by atoms with Crippen LogP contribution in [-0.4, -0.2) is 33.2 Å². The predicted molar refractivity (Wildman–Crippen MR) is 174 cm³/mol. The Hall–Kier alpha value is -5.00. The van der Waals surface area contributed by atoms with E-state index in [2.05, 4.69) is 26.1 Å². The lowest BCUT2D eigenvalue weighted by Crippen LogP contribution is -2.30. The smallest absolute Gasteiger partial charge is 0.272 e. The number of nitrogens with zero attached hydrogens (tertiary/aromatic N) is 2. The van der Waals surface area contributed by atoms with Gasteiger partial charge in [0.05, 0.1) is 5.25 Å². The molecule has 0 bridgehead atoms. The van der Waals surface area contributed by atoms with Crippen molar-refractivity contribution in [1.29, 1.82) is 0 Å². The molecule has 3 amide bonds. The predicted octanol–water partition coefficient (Wildman–Crippen LogP) is 6.94. The number of carbonyl (C=O) groups is 3. The third-order valence-corrected chi connectivity index (χ3v) is 8.19. The molecule has 9 nitrogen and oxygen atoms in total. The van der Waals surface area contributed by atoms with Gasteiger partial charge in [-0.15, -0.1) is 22.0 Å². The number of nitrogens with one attached hydrogen (secondary N) is 3. The van der Waals surface area contributed by atoms with Crippen molar-refractivity contribution in [3.8, 4) is 11.3 Å². The topological polar surface area (TPSA) is 126 Å². The molecule has 0 aliphatic carbocycles. The van der Waals surface area contributed by atoms with Crippen LogP contribution in [0.25, 0.3) is 17.4 Å². The van der Waals surface area contributed by atoms with E-state index in [0.29, 0.717) is 27.9 Å². The largest absolute Gasteiger partial charge is 0.457 e. The van der Waals surface area contributed by atoms with Crippen molar-refractivity contribution < 1.29 is 18.8 Å². The van der Waals surface area contributed by atoms with Crippen LogP contribution in [0, 0.1) is 13.8 Å². The molecule has 0 aliphatic heterocycles. The zero-order chi connectivity index (χ0) is 31.1. The maximum Gasteiger partial charge on any atom is 0.272 e. The van der Waals surface area contributed by atoms with Gasteiger partial charge in [-0.25, -0.2) is 0 Å². The summed E-state index contributed by atoms with van der Waals surface area (Å²) in [7, 11) is 0. The highest BCUT2D eigenvalue weighted by Gasteiger charge is 2.18. The number of hydrogen-bond donors (Lipinski definition) is 3. The second kappa shape index (κ2) is 14.0. The molecule has 2 heterocycles. The second-order valence-corrected chi connectivity index (χ2v) is 12.4. The van der Waals surface area contributed by atoms with E-state index in [9.17, 15) is 14.4 Å². The monoisotopic (exact) mass is 623 g/mol. The quantitative estimate of drug-likeness (QED) is 0.114. The minimum Gasteiger partial charge on any atom is -0.457 e. The highest BCUT2D eigenvalue weighted by Crippen LogP contribution is 2.27. The number of carbonyl (C=O) groups excluding carboxylic acids is 3. The molecule has 5 rings (SSSR count). The van der Waals surface area contributed by atoms with Gasteiger partial charge in [-0.05, 0) is 69.3 Å². The van der Waals surface area contributed by atoms with Crippen molar-refractivity contribution in [2.24, 2.45) is 0 Å². The Labute approximate surface area is 262 Å². The highest BCUT2D eigenvalue weighted by atomic mass is 32.2. The maximum absolute atomic E-state index is 13.4. The Morgan fingerprint density at radius 3 is 2.27 bits per heavy atom. The number of rotatable bonds is 10. The third-order valence-electron chi connectivity index (χ3n) is 6.33. The van der Waals surface area contributed by atoms with Crippen LogP contribution in [0.4, 0.5) is 10.8 Å². The molecule has 3 N–H and O–H groups in total. The zero-order valence-electron chi connectivity index (χ0n) is 24.2. The molecule has 1 atom stereocenters. The van der Waals surface area contributed by atoms with Crippen molar-refractivity contribution in [3.05, 3.63) is 119 Å². The lowest BCUT2D eigenvalue weighted by Gasteiger charge is -2.12. The highest BCUT2D eigenvalue weighted by molar-refractivity contribution is 8.00. The summed E-state index contributed by atoms with van der Waals surface area (Å²) in [4.78, 5) is 39.8. The number of anilines is 2. The molecule has 0 spiro atoms. The van der Waals surface area contributed by atoms with E-state index in [1.807, 2.05) is 62.4 Å². The summed E-state index contributed by atoms with van der Waals surface area (Å²) in [6.45, 7) is 5.63. The lowest BCUT2D eigenvalue weighted by molar-refractivity contribution is -0.115. The minimum absolute atomic E-state index is 0.0133. The second-order valence-electron chi connectivity index (χ2n) is 9.80. The Balaban J connectivity index is 1.29. The van der Waals surface area contributed by atoms with Gasteiger partial charge in [-0.2, -0.15) is 0 Å². The molecule has 3 aromatic carbocycles. The molecule has 222 valence electrons. The van der Waals surface area contributed by atoms with Crippen LogP contribution >= 0.6 is 23.1 Å². The van der Waals surface area contributed by atoms with Crippen LogP contribution in [0.5, 0.6) is 0 Å². The van der Waals surface area contributed by atoms with E-state index < -0.39 is 11.8 Å². The lowest BCUT2D eigenvalue weighted by atomic mass is 10.1. The number of benzene rings is 3. The number of amides is 3. The number of thioether (sulfide) groups is 1. The van der Waals surface area contributed by atoms with E-state index in [4.69, 9.17) is 4.42 Å². The van der Waals surface area contributed by atoms with Crippen LogP contribution in [0.1, 0.15) is 33.6 Å². The maximum atomic E-state index is 13.4. The van der Waals surface area contributed by atoms with Gasteiger partial charge in [0.2, 0.25) is 11.0 Å². The first kappa shape index (κ1) is 30.5. The van der Waals surface area contributed by atoms with E-state index >= 15 is 0 Å². The first-order chi connectivity index (χ1) is 21.2. The normalized spacial score (nSPS) is 11.9. The Bertz CT molecular complexity index is 1800. The molecule has 2 aromatic heterocycles. The molecule has 5 aromatic rings. The Morgan fingerprint density at radius 1 is 0.864 bits per heavy atom. The Kier molecular flexibility index (Phi) is 9.68. The van der Waals surface area contributed by atoms with Crippen molar-refractivity contribution in [2.45, 2.75) is 30.9 Å². The molecule has 11 heteroatoms. The minimum atomic E-state index is -0.525. The summed E-state index contributed by atoms with van der Waals surface area (Å²) in [5, 5.41) is 17.0.